The third-order valence-electron chi connectivity index (χ3n) is 10.1. The van der Waals surface area contributed by atoms with Gasteiger partial charge in [-0.3, -0.25) is 14.5 Å². The number of aliphatic carboxylic acids is 2. The van der Waals surface area contributed by atoms with Crippen LogP contribution in [0.15, 0.2) is 95.8 Å². The topological polar surface area (TPSA) is 174 Å². The fourth-order valence-electron chi connectivity index (χ4n) is 6.88. The van der Waals surface area contributed by atoms with Gasteiger partial charge in [-0.2, -0.15) is 18.2 Å². The quantitative estimate of drug-likeness (QED) is 0.0841. The molecule has 326 valence electrons. The van der Waals surface area contributed by atoms with Gasteiger partial charge >= 0.3 is 18.1 Å². The zero-order valence-corrected chi connectivity index (χ0v) is 33.9. The second-order valence-corrected chi connectivity index (χ2v) is 14.7. The number of fused-ring (bicyclic) bond motifs is 1. The summed E-state index contributed by atoms with van der Waals surface area (Å²) >= 11 is 0. The number of aromatic nitrogens is 2. The van der Waals surface area contributed by atoms with Gasteiger partial charge in [-0.1, -0.05) is 74.5 Å². The number of aliphatic hydroxyl groups excluding tert-OH is 2. The molecule has 0 fully saturated rings. The van der Waals surface area contributed by atoms with E-state index >= 15 is 0 Å². The second kappa shape index (κ2) is 20.5. The summed E-state index contributed by atoms with van der Waals surface area (Å²) in [6, 6.07) is 23.1. The van der Waals surface area contributed by atoms with E-state index in [1.807, 2.05) is 24.3 Å². The molecule has 0 saturated heterocycles. The Bertz CT molecular complexity index is 2350. The van der Waals surface area contributed by atoms with Crippen molar-refractivity contribution in [1.29, 1.82) is 0 Å². The molecule has 1 heterocycles. The molecule has 1 aromatic heterocycles. The van der Waals surface area contributed by atoms with Crippen molar-refractivity contribution in [3.63, 3.8) is 0 Å². The normalized spacial score (nSPS) is 12.7. The molecule has 0 aliphatic carbocycles. The average Bonchev–Trinajstić information content (AvgIpc) is 3.22. The highest BCUT2D eigenvalue weighted by atomic mass is 19.4. The van der Waals surface area contributed by atoms with Gasteiger partial charge in [-0.15, -0.1) is 0 Å². The number of alkyl halides is 3. The van der Waals surface area contributed by atoms with E-state index in [0.717, 1.165) is 42.4 Å². The van der Waals surface area contributed by atoms with E-state index in [9.17, 15) is 41.1 Å². The summed E-state index contributed by atoms with van der Waals surface area (Å²) in [6.07, 6.45) is -8.80. The number of halogens is 5. The SMILES string of the molecule is CCN(CC)C(C)(C)CN(Cc1ccc(-c2ccc(C(F)(F)F)cc2)cc1)C(=O)Cn1c(CCc2cccc(F)c2F)nc(=O)c2ccccc21.O=C(O)[C@H](O)[C@@H](O)C(=O)O. The van der Waals surface area contributed by atoms with Gasteiger partial charge in [-0.25, -0.2) is 18.4 Å². The first-order valence-electron chi connectivity index (χ1n) is 19.2. The molecule has 0 spiro atoms. The van der Waals surface area contributed by atoms with Crippen LogP contribution in [0.1, 0.15) is 50.2 Å². The minimum absolute atomic E-state index is 0.0621. The minimum Gasteiger partial charge on any atom is -0.479 e. The molecule has 0 aliphatic heterocycles. The highest BCUT2D eigenvalue weighted by Crippen LogP contribution is 2.31. The third-order valence-corrected chi connectivity index (χ3v) is 10.1. The molecule has 2 atom stereocenters. The summed E-state index contributed by atoms with van der Waals surface area (Å²) < 4.78 is 69.5. The number of carboxylic acid groups (broad SMARTS) is 2. The zero-order chi connectivity index (χ0) is 45.2. The fraction of sp³-hybridized carbons (Fsp3) is 0.341. The number of para-hydroxylation sites is 1. The van der Waals surface area contributed by atoms with Crippen LogP contribution in [0, 0.1) is 11.6 Å². The molecule has 5 rings (SSSR count). The van der Waals surface area contributed by atoms with E-state index in [4.69, 9.17) is 20.4 Å². The van der Waals surface area contributed by atoms with Crippen LogP contribution < -0.4 is 5.56 Å². The predicted molar refractivity (Wildman–Crippen MR) is 216 cm³/mol. The largest absolute Gasteiger partial charge is 0.479 e. The van der Waals surface area contributed by atoms with Crippen LogP contribution in [0.3, 0.4) is 0 Å². The van der Waals surface area contributed by atoms with Crippen molar-refractivity contribution in [3.05, 3.63) is 135 Å². The number of amides is 1. The lowest BCUT2D eigenvalue weighted by Crippen LogP contribution is -2.53. The van der Waals surface area contributed by atoms with Crippen molar-refractivity contribution in [2.75, 3.05) is 19.6 Å². The number of hydrogen-bond acceptors (Lipinski definition) is 8. The van der Waals surface area contributed by atoms with Crippen molar-refractivity contribution in [2.24, 2.45) is 0 Å². The molecule has 12 nitrogen and oxygen atoms in total. The lowest BCUT2D eigenvalue weighted by molar-refractivity contribution is -0.165. The highest BCUT2D eigenvalue weighted by molar-refractivity contribution is 5.83. The van der Waals surface area contributed by atoms with Gasteiger partial charge in [-0.05, 0) is 85.9 Å². The summed E-state index contributed by atoms with van der Waals surface area (Å²) in [4.78, 5) is 55.3. The molecule has 1 amide bonds. The number of carboxylic acids is 2. The molecule has 5 aromatic rings. The van der Waals surface area contributed by atoms with Gasteiger partial charge in [0.15, 0.2) is 23.8 Å². The number of benzene rings is 4. The van der Waals surface area contributed by atoms with Gasteiger partial charge in [0.2, 0.25) is 5.91 Å². The third kappa shape index (κ3) is 12.3. The molecule has 61 heavy (non-hydrogen) atoms. The fourth-order valence-corrected chi connectivity index (χ4v) is 6.88. The summed E-state index contributed by atoms with van der Waals surface area (Å²) in [5.41, 5.74) is 1.22. The Morgan fingerprint density at radius 2 is 1.33 bits per heavy atom. The van der Waals surface area contributed by atoms with Crippen molar-refractivity contribution >= 4 is 28.7 Å². The Balaban J connectivity index is 0.000000727. The molecule has 0 aliphatic rings. The summed E-state index contributed by atoms with van der Waals surface area (Å²) in [7, 11) is 0. The zero-order valence-electron chi connectivity index (χ0n) is 33.9. The Morgan fingerprint density at radius 3 is 1.87 bits per heavy atom. The number of nitrogens with zero attached hydrogens (tertiary/aromatic N) is 4. The van der Waals surface area contributed by atoms with Crippen molar-refractivity contribution in [2.45, 2.75) is 77.5 Å². The van der Waals surface area contributed by atoms with Crippen LogP contribution in [0.4, 0.5) is 22.0 Å². The second-order valence-electron chi connectivity index (χ2n) is 14.7. The monoisotopic (exact) mass is 854 g/mol. The molecular formula is C44H47F5N4O8. The smallest absolute Gasteiger partial charge is 0.416 e. The van der Waals surface area contributed by atoms with Crippen LogP contribution in [0.5, 0.6) is 0 Å². The number of aliphatic hydroxyl groups is 2. The molecule has 4 N–H and O–H groups in total. The number of rotatable bonds is 16. The first-order chi connectivity index (χ1) is 28.7. The molecule has 0 radical (unpaired) electrons. The molecular weight excluding hydrogens is 807 g/mol. The number of hydrogen-bond donors (Lipinski definition) is 4. The molecule has 0 bridgehead atoms. The number of likely N-dealkylation sites (N-methyl/N-ethyl adjacent to an activating group) is 1. The summed E-state index contributed by atoms with van der Waals surface area (Å²) in [5, 5.41) is 32.9. The van der Waals surface area contributed by atoms with Gasteiger partial charge in [0.05, 0.1) is 16.5 Å². The van der Waals surface area contributed by atoms with E-state index in [2.05, 4.69) is 37.6 Å². The summed E-state index contributed by atoms with van der Waals surface area (Å²) in [5.74, 6) is -5.43. The van der Waals surface area contributed by atoms with E-state index in [0.29, 0.717) is 23.0 Å². The maximum atomic E-state index is 14.6. The van der Waals surface area contributed by atoms with E-state index < -0.39 is 58.6 Å². The first kappa shape index (κ1) is 47.6. The van der Waals surface area contributed by atoms with Gasteiger partial charge < -0.3 is 29.9 Å². The highest BCUT2D eigenvalue weighted by Gasteiger charge is 2.32. The predicted octanol–water partition coefficient (Wildman–Crippen LogP) is 6.17. The number of aryl methyl sites for hydroxylation is 2. The van der Waals surface area contributed by atoms with Crippen molar-refractivity contribution in [1.82, 2.24) is 19.4 Å². The summed E-state index contributed by atoms with van der Waals surface area (Å²) in [6.45, 7) is 10.2. The molecule has 4 aromatic carbocycles. The number of carbonyl (C=O) groups excluding carboxylic acids is 1. The Kier molecular flexibility index (Phi) is 16.0. The lowest BCUT2D eigenvalue weighted by Gasteiger charge is -2.41. The Morgan fingerprint density at radius 1 is 0.770 bits per heavy atom. The van der Waals surface area contributed by atoms with Gasteiger partial charge in [0, 0.05) is 25.0 Å². The van der Waals surface area contributed by atoms with Crippen molar-refractivity contribution < 1.29 is 56.8 Å². The minimum atomic E-state index is -4.42. The Hall–Kier alpha value is -6.04. The molecule has 17 heteroatoms. The van der Waals surface area contributed by atoms with E-state index in [1.165, 1.54) is 24.3 Å². The van der Waals surface area contributed by atoms with Crippen LogP contribution in [0.2, 0.25) is 0 Å². The van der Waals surface area contributed by atoms with Crippen molar-refractivity contribution in [3.8, 4) is 11.1 Å². The lowest BCUT2D eigenvalue weighted by atomic mass is 10.00. The molecule has 0 unspecified atom stereocenters. The Labute approximate surface area is 348 Å². The van der Waals surface area contributed by atoms with Gasteiger partial charge in [0.25, 0.3) is 5.56 Å². The average molecular weight is 855 g/mol. The maximum Gasteiger partial charge on any atom is 0.416 e. The standard InChI is InChI=1S/C40H41F5N4O2.C4H6O6/c1-5-48(6-2)39(3,4)26-47(24-27-14-16-28(17-15-27)29-18-21-31(22-19-29)40(43,44)45)36(50)25-49-34-13-8-7-11-32(34)38(51)46-35(49)23-20-30-10-9-12-33(41)37(30)42;5-1(3(7)8)2(6)4(9)10/h7-19,21-22H,5-6,20,23-26H2,1-4H3;1-2,5-6H,(H,7,8)(H,9,10)/t;1-,2-/m.1/s1. The number of carbonyl (C=O) groups is 3. The van der Waals surface area contributed by atoms with E-state index in [1.54, 1.807) is 33.7 Å². The van der Waals surface area contributed by atoms with Crippen LogP contribution in [-0.4, -0.2) is 95.0 Å². The van der Waals surface area contributed by atoms with E-state index in [-0.39, 0.29) is 43.2 Å². The van der Waals surface area contributed by atoms with Crippen LogP contribution >= 0.6 is 0 Å². The first-order valence-corrected chi connectivity index (χ1v) is 19.2. The van der Waals surface area contributed by atoms with Gasteiger partial charge in [0.1, 0.15) is 12.4 Å². The van der Waals surface area contributed by atoms with Crippen LogP contribution in [-0.2, 0) is 46.5 Å². The van der Waals surface area contributed by atoms with Crippen LogP contribution in [0.25, 0.3) is 22.0 Å². The molecule has 0 saturated carbocycles. The maximum absolute atomic E-state index is 14.6.